The molecular weight excluding hydrogens is 356 g/mol. The molecule has 0 aliphatic carbocycles. The van der Waals surface area contributed by atoms with Crippen LogP contribution in [0.25, 0.3) is 11.0 Å². The molecule has 8 nitrogen and oxygen atoms in total. The first-order valence-electron chi connectivity index (χ1n) is 10.3. The number of β-amino-alcohol motifs (C(OH)–C–C–N with tert-alkyl or cyclic N) is 1. The van der Waals surface area contributed by atoms with E-state index >= 15 is 0 Å². The zero-order chi connectivity index (χ0) is 20.3. The van der Waals surface area contributed by atoms with Crippen LogP contribution in [0.1, 0.15) is 46.2 Å². The van der Waals surface area contributed by atoms with E-state index in [9.17, 15) is 9.90 Å². The first kappa shape index (κ1) is 20.5. The van der Waals surface area contributed by atoms with Gasteiger partial charge in [-0.05, 0) is 18.8 Å². The van der Waals surface area contributed by atoms with Crippen LogP contribution in [0.5, 0.6) is 0 Å². The summed E-state index contributed by atoms with van der Waals surface area (Å²) < 4.78 is 2.00. The molecule has 1 N–H and O–H groups in total. The molecule has 1 atom stereocenters. The van der Waals surface area contributed by atoms with Gasteiger partial charge in [-0.25, -0.2) is 14.6 Å². The van der Waals surface area contributed by atoms with Crippen molar-refractivity contribution in [2.45, 2.75) is 59.6 Å². The van der Waals surface area contributed by atoms with Crippen molar-refractivity contribution in [2.75, 3.05) is 31.1 Å². The van der Waals surface area contributed by atoms with Crippen LogP contribution in [0.4, 0.5) is 5.82 Å². The molecule has 0 aromatic carbocycles. The SMILES string of the molecule is CCCCn1nc(CC(C)C)c2c(N3CCN(C(C)=O)CC(O)C3)ncnc21. The number of aryl methyl sites for hydroxylation is 1. The van der Waals surface area contributed by atoms with Gasteiger partial charge in [0.2, 0.25) is 5.91 Å². The van der Waals surface area contributed by atoms with Crippen LogP contribution in [0, 0.1) is 5.92 Å². The lowest BCUT2D eigenvalue weighted by atomic mass is 10.1. The molecule has 3 heterocycles. The van der Waals surface area contributed by atoms with Crippen LogP contribution in [-0.4, -0.2) is 67.9 Å². The van der Waals surface area contributed by atoms with Gasteiger partial charge in [0, 0.05) is 39.6 Å². The fraction of sp³-hybridized carbons (Fsp3) is 0.700. The van der Waals surface area contributed by atoms with Crippen molar-refractivity contribution in [3.63, 3.8) is 0 Å². The molecule has 0 spiro atoms. The molecule has 3 rings (SSSR count). The van der Waals surface area contributed by atoms with Gasteiger partial charge in [-0.15, -0.1) is 0 Å². The minimum atomic E-state index is -0.611. The van der Waals surface area contributed by atoms with E-state index in [0.29, 0.717) is 32.1 Å². The van der Waals surface area contributed by atoms with E-state index in [1.807, 2.05) is 4.68 Å². The average Bonchev–Trinajstić information content (AvgIpc) is 2.85. The highest BCUT2D eigenvalue weighted by atomic mass is 16.3. The van der Waals surface area contributed by atoms with Gasteiger partial charge in [-0.1, -0.05) is 27.2 Å². The lowest BCUT2D eigenvalue weighted by Gasteiger charge is -2.23. The van der Waals surface area contributed by atoms with Crippen LogP contribution in [0.15, 0.2) is 6.33 Å². The topological polar surface area (TPSA) is 87.4 Å². The molecule has 1 amide bonds. The second-order valence-electron chi connectivity index (χ2n) is 8.08. The van der Waals surface area contributed by atoms with Gasteiger partial charge >= 0.3 is 0 Å². The van der Waals surface area contributed by atoms with Crippen molar-refractivity contribution >= 4 is 22.8 Å². The quantitative estimate of drug-likeness (QED) is 0.813. The highest BCUT2D eigenvalue weighted by Gasteiger charge is 2.27. The Morgan fingerprint density at radius 2 is 2.07 bits per heavy atom. The monoisotopic (exact) mass is 388 g/mol. The first-order valence-corrected chi connectivity index (χ1v) is 10.3. The number of aromatic nitrogens is 4. The Labute approximate surface area is 166 Å². The number of rotatable bonds is 6. The zero-order valence-corrected chi connectivity index (χ0v) is 17.4. The molecule has 2 aromatic rings. The van der Waals surface area contributed by atoms with Crippen molar-refractivity contribution in [1.82, 2.24) is 24.6 Å². The van der Waals surface area contributed by atoms with Crippen LogP contribution < -0.4 is 4.90 Å². The van der Waals surface area contributed by atoms with E-state index < -0.39 is 6.10 Å². The number of carbonyl (C=O) groups is 1. The highest BCUT2D eigenvalue weighted by molar-refractivity contribution is 5.90. The van der Waals surface area contributed by atoms with E-state index in [2.05, 4.69) is 35.6 Å². The molecule has 28 heavy (non-hydrogen) atoms. The van der Waals surface area contributed by atoms with E-state index in [0.717, 1.165) is 48.4 Å². The van der Waals surface area contributed by atoms with Crippen molar-refractivity contribution in [1.29, 1.82) is 0 Å². The van der Waals surface area contributed by atoms with E-state index in [1.165, 1.54) is 0 Å². The minimum Gasteiger partial charge on any atom is -0.389 e. The number of unbranched alkanes of at least 4 members (excludes halogenated alkanes) is 1. The fourth-order valence-corrected chi connectivity index (χ4v) is 3.77. The predicted molar refractivity (Wildman–Crippen MR) is 109 cm³/mol. The van der Waals surface area contributed by atoms with Gasteiger partial charge < -0.3 is 14.9 Å². The number of carbonyl (C=O) groups excluding carboxylic acids is 1. The number of hydrogen-bond acceptors (Lipinski definition) is 6. The lowest BCUT2D eigenvalue weighted by molar-refractivity contribution is -0.129. The number of amides is 1. The van der Waals surface area contributed by atoms with Crippen molar-refractivity contribution in [3.8, 4) is 0 Å². The Morgan fingerprint density at radius 3 is 2.75 bits per heavy atom. The third-order valence-electron chi connectivity index (χ3n) is 5.15. The molecule has 1 aliphatic rings. The van der Waals surface area contributed by atoms with Crippen LogP contribution in [0.2, 0.25) is 0 Å². The molecule has 1 fully saturated rings. The van der Waals surface area contributed by atoms with Crippen LogP contribution >= 0.6 is 0 Å². The van der Waals surface area contributed by atoms with Gasteiger partial charge in [0.25, 0.3) is 0 Å². The summed E-state index contributed by atoms with van der Waals surface area (Å²) >= 11 is 0. The standard InChI is InChI=1S/C20H32N6O2/c1-5-6-7-26-20-18(17(23-26)10-14(2)3)19(21-13-22-20)25-9-8-24(15(4)27)11-16(28)12-25/h13-14,16,28H,5-12H2,1-4H3. The van der Waals surface area contributed by atoms with Gasteiger partial charge in [-0.2, -0.15) is 5.10 Å². The van der Waals surface area contributed by atoms with Crippen molar-refractivity contribution < 1.29 is 9.90 Å². The predicted octanol–water partition coefficient (Wildman–Crippen LogP) is 1.85. The second-order valence-corrected chi connectivity index (χ2v) is 8.08. The number of hydrogen-bond donors (Lipinski definition) is 1. The number of fused-ring (bicyclic) bond motifs is 1. The molecule has 0 saturated carbocycles. The summed E-state index contributed by atoms with van der Waals surface area (Å²) in [5.74, 6) is 1.27. The normalized spacial score (nSPS) is 18.1. The summed E-state index contributed by atoms with van der Waals surface area (Å²) in [6, 6.07) is 0. The van der Waals surface area contributed by atoms with Crippen molar-refractivity contribution in [2.24, 2.45) is 5.92 Å². The Balaban J connectivity index is 2.02. The molecule has 1 unspecified atom stereocenters. The Hall–Kier alpha value is -2.22. The van der Waals surface area contributed by atoms with Gasteiger partial charge in [0.1, 0.15) is 12.1 Å². The lowest BCUT2D eigenvalue weighted by Crippen LogP contribution is -2.36. The third-order valence-corrected chi connectivity index (χ3v) is 5.15. The Morgan fingerprint density at radius 1 is 1.29 bits per heavy atom. The number of aliphatic hydroxyl groups excluding tert-OH is 1. The largest absolute Gasteiger partial charge is 0.389 e. The van der Waals surface area contributed by atoms with Gasteiger partial charge in [-0.3, -0.25) is 4.79 Å². The average molecular weight is 389 g/mol. The maximum absolute atomic E-state index is 11.8. The molecular formula is C20H32N6O2. The highest BCUT2D eigenvalue weighted by Crippen LogP contribution is 2.29. The van der Waals surface area contributed by atoms with E-state index in [-0.39, 0.29) is 5.91 Å². The van der Waals surface area contributed by atoms with E-state index in [1.54, 1.807) is 18.2 Å². The fourth-order valence-electron chi connectivity index (χ4n) is 3.77. The van der Waals surface area contributed by atoms with E-state index in [4.69, 9.17) is 5.10 Å². The number of nitrogens with zero attached hydrogens (tertiary/aromatic N) is 6. The second kappa shape index (κ2) is 8.86. The number of aliphatic hydroxyl groups is 1. The molecule has 0 bridgehead atoms. The van der Waals surface area contributed by atoms with Crippen LogP contribution in [-0.2, 0) is 17.8 Å². The van der Waals surface area contributed by atoms with Gasteiger partial charge in [0.15, 0.2) is 5.65 Å². The maximum Gasteiger partial charge on any atom is 0.219 e. The Kier molecular flexibility index (Phi) is 6.49. The minimum absolute atomic E-state index is 0.0124. The first-order chi connectivity index (χ1) is 13.4. The summed E-state index contributed by atoms with van der Waals surface area (Å²) in [7, 11) is 0. The maximum atomic E-state index is 11.8. The number of anilines is 1. The molecule has 1 aliphatic heterocycles. The molecule has 2 aromatic heterocycles. The molecule has 8 heteroatoms. The smallest absolute Gasteiger partial charge is 0.219 e. The summed E-state index contributed by atoms with van der Waals surface area (Å²) in [5, 5.41) is 16.3. The Bertz CT molecular complexity index is 818. The molecule has 154 valence electrons. The third kappa shape index (κ3) is 4.43. The summed E-state index contributed by atoms with van der Waals surface area (Å²) in [5.41, 5.74) is 1.87. The molecule has 1 saturated heterocycles. The zero-order valence-electron chi connectivity index (χ0n) is 17.4. The summed E-state index contributed by atoms with van der Waals surface area (Å²) in [4.78, 5) is 24.7. The van der Waals surface area contributed by atoms with Crippen molar-refractivity contribution in [3.05, 3.63) is 12.0 Å². The van der Waals surface area contributed by atoms with Crippen LogP contribution in [0.3, 0.4) is 0 Å². The summed E-state index contributed by atoms with van der Waals surface area (Å²) in [6.07, 6.45) is 3.97. The van der Waals surface area contributed by atoms with Gasteiger partial charge in [0.05, 0.1) is 17.2 Å². The summed E-state index contributed by atoms with van der Waals surface area (Å²) in [6.45, 7) is 10.9. The molecule has 0 radical (unpaired) electrons.